The fourth-order valence-electron chi connectivity index (χ4n) is 2.10. The van der Waals surface area contributed by atoms with E-state index in [-0.39, 0.29) is 18.6 Å². The van der Waals surface area contributed by atoms with Crippen molar-refractivity contribution in [2.75, 3.05) is 28.6 Å². The molecule has 0 saturated heterocycles. The van der Waals surface area contributed by atoms with Crippen LogP contribution in [0, 0.1) is 0 Å². The Morgan fingerprint density at radius 2 is 1.65 bits per heavy atom. The molecular formula is C16H20Br2N2O6. The summed E-state index contributed by atoms with van der Waals surface area (Å²) >= 11 is 6.80. The molecule has 0 aliphatic rings. The van der Waals surface area contributed by atoms with Gasteiger partial charge in [0.05, 0.1) is 0 Å². The van der Waals surface area contributed by atoms with Gasteiger partial charge in [0.15, 0.2) is 0 Å². The summed E-state index contributed by atoms with van der Waals surface area (Å²) in [7, 11) is 0. The molecule has 0 fully saturated rings. The van der Waals surface area contributed by atoms with Gasteiger partial charge in [-0.3, -0.25) is 4.79 Å². The molecule has 0 unspecified atom stereocenters. The van der Waals surface area contributed by atoms with E-state index in [9.17, 15) is 14.4 Å². The molecule has 1 aromatic rings. The van der Waals surface area contributed by atoms with E-state index in [2.05, 4.69) is 42.1 Å². The molecule has 0 radical (unpaired) electrons. The Kier molecular flexibility index (Phi) is 10.0. The summed E-state index contributed by atoms with van der Waals surface area (Å²) in [6.07, 6.45) is -1.55. The molecule has 26 heavy (non-hydrogen) atoms. The summed E-state index contributed by atoms with van der Waals surface area (Å²) in [6, 6.07) is 5.49. The quantitative estimate of drug-likeness (QED) is 0.404. The molecule has 0 spiro atoms. The Hall–Kier alpha value is -1.81. The number of anilines is 1. The Labute approximate surface area is 167 Å². The van der Waals surface area contributed by atoms with E-state index in [1.54, 1.807) is 24.3 Å². The normalized spacial score (nSPS) is 11.5. The van der Waals surface area contributed by atoms with Gasteiger partial charge in [-0.1, -0.05) is 31.9 Å². The summed E-state index contributed by atoms with van der Waals surface area (Å²) in [5.74, 6) is -2.21. The van der Waals surface area contributed by atoms with Crippen LogP contribution in [0.2, 0.25) is 0 Å². The maximum absolute atomic E-state index is 11.8. The van der Waals surface area contributed by atoms with Gasteiger partial charge in [-0.25, -0.2) is 9.59 Å². The number of benzene rings is 1. The van der Waals surface area contributed by atoms with Gasteiger partial charge in [0.2, 0.25) is 0 Å². The average Bonchev–Trinajstić information content (AvgIpc) is 2.58. The molecule has 1 aromatic carbocycles. The molecule has 1 amide bonds. The van der Waals surface area contributed by atoms with Crippen molar-refractivity contribution in [3.05, 3.63) is 24.3 Å². The number of nitrogens with zero attached hydrogens (tertiary/aromatic N) is 1. The molecule has 10 heteroatoms. The first-order valence-corrected chi connectivity index (χ1v) is 10.0. The predicted octanol–water partition coefficient (Wildman–Crippen LogP) is 2.69. The number of hydrogen-bond acceptors (Lipinski definition) is 5. The zero-order chi connectivity index (χ0) is 19.5. The van der Waals surface area contributed by atoms with Crippen LogP contribution in [0.4, 0.5) is 10.5 Å². The molecule has 0 bridgehead atoms. The van der Waals surface area contributed by atoms with Crippen LogP contribution in [-0.4, -0.2) is 58.0 Å². The highest BCUT2D eigenvalue weighted by atomic mass is 79.9. The predicted molar refractivity (Wildman–Crippen MR) is 104 cm³/mol. The van der Waals surface area contributed by atoms with Crippen LogP contribution in [0.25, 0.3) is 0 Å². The van der Waals surface area contributed by atoms with E-state index in [4.69, 9.17) is 14.9 Å². The molecule has 0 heterocycles. The highest BCUT2D eigenvalue weighted by molar-refractivity contribution is 9.09. The maximum Gasteiger partial charge on any atom is 0.413 e. The van der Waals surface area contributed by atoms with Gasteiger partial charge in [-0.05, 0) is 30.7 Å². The van der Waals surface area contributed by atoms with Crippen molar-refractivity contribution in [2.24, 2.45) is 0 Å². The molecule has 0 aliphatic heterocycles. The lowest BCUT2D eigenvalue weighted by molar-refractivity contribution is -0.140. The van der Waals surface area contributed by atoms with Crippen molar-refractivity contribution in [3.8, 4) is 5.75 Å². The molecular weight excluding hydrogens is 476 g/mol. The fourth-order valence-corrected chi connectivity index (χ4v) is 2.96. The second-order valence-electron chi connectivity index (χ2n) is 5.22. The van der Waals surface area contributed by atoms with Gasteiger partial charge < -0.3 is 25.2 Å². The van der Waals surface area contributed by atoms with Gasteiger partial charge in [0.1, 0.15) is 11.8 Å². The molecule has 144 valence electrons. The second kappa shape index (κ2) is 11.7. The average molecular weight is 496 g/mol. The van der Waals surface area contributed by atoms with Gasteiger partial charge >= 0.3 is 18.0 Å². The van der Waals surface area contributed by atoms with Crippen LogP contribution in [0.15, 0.2) is 24.3 Å². The standard InChI is InChI=1S/C16H20Br2N2O6/c17-7-9-20(10-8-18)11-1-3-12(4-2-11)26-16(25)19-13(15(23)24)5-6-14(21)22/h1-4,13H,5-10H2,(H,19,25)(H,21,22)(H,23,24)/t13-/m0/s1. The summed E-state index contributed by atoms with van der Waals surface area (Å²) in [6.45, 7) is 1.63. The van der Waals surface area contributed by atoms with E-state index in [0.717, 1.165) is 29.4 Å². The van der Waals surface area contributed by atoms with E-state index >= 15 is 0 Å². The van der Waals surface area contributed by atoms with Crippen LogP contribution >= 0.6 is 31.9 Å². The number of aliphatic carboxylic acids is 2. The smallest absolute Gasteiger partial charge is 0.413 e. The van der Waals surface area contributed by atoms with Crippen molar-refractivity contribution >= 4 is 55.6 Å². The van der Waals surface area contributed by atoms with Crippen molar-refractivity contribution in [2.45, 2.75) is 18.9 Å². The number of ether oxygens (including phenoxy) is 1. The molecule has 1 rings (SSSR count). The lowest BCUT2D eigenvalue weighted by atomic mass is 10.1. The Bertz CT molecular complexity index is 605. The number of carboxylic acid groups (broad SMARTS) is 2. The summed E-state index contributed by atoms with van der Waals surface area (Å²) < 4.78 is 5.06. The van der Waals surface area contributed by atoms with Crippen LogP contribution < -0.4 is 15.0 Å². The summed E-state index contributed by atoms with van der Waals surface area (Å²) in [5.41, 5.74) is 0.960. The lowest BCUT2D eigenvalue weighted by Gasteiger charge is -2.23. The van der Waals surface area contributed by atoms with E-state index in [1.807, 2.05) is 0 Å². The van der Waals surface area contributed by atoms with Gasteiger partial charge in [-0.2, -0.15) is 0 Å². The highest BCUT2D eigenvalue weighted by Gasteiger charge is 2.22. The Morgan fingerprint density at radius 1 is 1.08 bits per heavy atom. The third kappa shape index (κ3) is 8.05. The van der Waals surface area contributed by atoms with E-state index < -0.39 is 24.1 Å². The van der Waals surface area contributed by atoms with Crippen LogP contribution in [0.3, 0.4) is 0 Å². The minimum absolute atomic E-state index is 0.229. The highest BCUT2D eigenvalue weighted by Crippen LogP contribution is 2.20. The van der Waals surface area contributed by atoms with Crippen molar-refractivity contribution < 1.29 is 29.3 Å². The van der Waals surface area contributed by atoms with Gasteiger partial charge in [-0.15, -0.1) is 0 Å². The number of amides is 1. The summed E-state index contributed by atoms with van der Waals surface area (Å²) in [4.78, 5) is 35.6. The monoisotopic (exact) mass is 494 g/mol. The molecule has 1 atom stereocenters. The SMILES string of the molecule is O=C(O)CC[C@H](NC(=O)Oc1ccc(N(CCBr)CCBr)cc1)C(=O)O. The van der Waals surface area contributed by atoms with Crippen LogP contribution in [0.5, 0.6) is 5.75 Å². The minimum Gasteiger partial charge on any atom is -0.481 e. The Morgan fingerprint density at radius 3 is 2.12 bits per heavy atom. The van der Waals surface area contributed by atoms with E-state index in [0.29, 0.717) is 0 Å². The van der Waals surface area contributed by atoms with Crippen LogP contribution in [-0.2, 0) is 9.59 Å². The number of carbonyl (C=O) groups excluding carboxylic acids is 1. The number of hydrogen-bond donors (Lipinski definition) is 3. The van der Waals surface area contributed by atoms with Crippen molar-refractivity contribution in [3.63, 3.8) is 0 Å². The first-order chi connectivity index (χ1) is 12.4. The van der Waals surface area contributed by atoms with Gasteiger partial charge in [0, 0.05) is 35.9 Å². The molecule has 8 nitrogen and oxygen atoms in total. The number of carbonyl (C=O) groups is 3. The van der Waals surface area contributed by atoms with E-state index in [1.165, 1.54) is 0 Å². The molecule has 0 aliphatic carbocycles. The Balaban J connectivity index is 2.65. The largest absolute Gasteiger partial charge is 0.481 e. The summed E-state index contributed by atoms with van der Waals surface area (Å²) in [5, 5.41) is 21.4. The lowest BCUT2D eigenvalue weighted by Crippen LogP contribution is -2.42. The second-order valence-corrected chi connectivity index (χ2v) is 6.80. The molecule has 0 aromatic heterocycles. The third-order valence-corrected chi connectivity index (χ3v) is 4.07. The third-order valence-electron chi connectivity index (χ3n) is 3.36. The van der Waals surface area contributed by atoms with Crippen molar-refractivity contribution in [1.29, 1.82) is 0 Å². The number of carboxylic acids is 2. The maximum atomic E-state index is 11.8. The topological polar surface area (TPSA) is 116 Å². The number of nitrogens with one attached hydrogen (secondary N) is 1. The number of rotatable bonds is 11. The molecule has 0 saturated carbocycles. The first kappa shape index (κ1) is 22.2. The zero-order valence-electron chi connectivity index (χ0n) is 13.9. The minimum atomic E-state index is -1.33. The number of halogens is 2. The molecule has 3 N–H and O–H groups in total. The fraction of sp³-hybridized carbons (Fsp3) is 0.438. The van der Waals surface area contributed by atoms with Gasteiger partial charge in [0.25, 0.3) is 0 Å². The zero-order valence-corrected chi connectivity index (χ0v) is 17.0. The first-order valence-electron chi connectivity index (χ1n) is 7.77. The van der Waals surface area contributed by atoms with Crippen LogP contribution in [0.1, 0.15) is 12.8 Å². The number of alkyl halides is 2. The van der Waals surface area contributed by atoms with Crippen molar-refractivity contribution in [1.82, 2.24) is 5.32 Å².